The molecule has 1 aliphatic heterocycles. The normalized spacial score (nSPS) is 17.2. The van der Waals surface area contributed by atoms with Gasteiger partial charge in [-0.05, 0) is 43.9 Å². The molecule has 0 bridgehead atoms. The molecule has 4 rings (SSSR count). The molecule has 2 aromatic rings. The van der Waals surface area contributed by atoms with Crippen molar-refractivity contribution in [2.75, 3.05) is 40.5 Å². The number of methoxy groups -OCH3 is 2. The third kappa shape index (κ3) is 5.16. The van der Waals surface area contributed by atoms with E-state index < -0.39 is 19.3 Å². The number of carbonyl (C=O) groups excluding carboxylic acids is 1. The quantitative estimate of drug-likeness (QED) is 0.465. The molecule has 1 aromatic carbocycles. The third-order valence-corrected chi connectivity index (χ3v) is 10.7. The first-order chi connectivity index (χ1) is 17.6. The van der Waals surface area contributed by atoms with Gasteiger partial charge in [0.15, 0.2) is 15.5 Å². The Balaban J connectivity index is 1.45. The summed E-state index contributed by atoms with van der Waals surface area (Å²) in [6, 6.07) is 9.16. The average molecular weight is 530 g/mol. The number of amides is 1. The summed E-state index contributed by atoms with van der Waals surface area (Å²) in [7, 11) is 1.29. The highest BCUT2D eigenvalue weighted by Crippen LogP contribution is 2.49. The second kappa shape index (κ2) is 10.5. The number of hydrogen-bond donors (Lipinski definition) is 1. The van der Waals surface area contributed by atoms with E-state index in [0.29, 0.717) is 56.7 Å². The SMILES string of the molecule is COCC(C)(COC)S(=O)(=O)C1(CN2CCc3c(C(=O)NCc4ccc(C#N)cc4)nn(C)c3C2)CC1. The maximum Gasteiger partial charge on any atom is 0.272 e. The summed E-state index contributed by atoms with van der Waals surface area (Å²) in [5.74, 6) is -0.245. The zero-order chi connectivity index (χ0) is 26.8. The topological polar surface area (TPSA) is 127 Å². The first kappa shape index (κ1) is 27.3. The van der Waals surface area contributed by atoms with Crippen LogP contribution < -0.4 is 5.32 Å². The molecule has 2 aliphatic rings. The van der Waals surface area contributed by atoms with Crippen LogP contribution >= 0.6 is 0 Å². The van der Waals surface area contributed by atoms with E-state index >= 15 is 0 Å². The molecule has 0 atom stereocenters. The van der Waals surface area contributed by atoms with Crippen LogP contribution in [-0.2, 0) is 45.9 Å². The van der Waals surface area contributed by atoms with Gasteiger partial charge in [0.2, 0.25) is 0 Å². The maximum absolute atomic E-state index is 13.7. The number of aromatic nitrogens is 2. The van der Waals surface area contributed by atoms with Crippen molar-refractivity contribution >= 4 is 15.7 Å². The van der Waals surface area contributed by atoms with Crippen molar-refractivity contribution in [2.24, 2.45) is 7.05 Å². The van der Waals surface area contributed by atoms with E-state index in [4.69, 9.17) is 14.7 Å². The molecule has 0 radical (unpaired) electrons. The number of benzene rings is 1. The van der Waals surface area contributed by atoms with Crippen molar-refractivity contribution in [1.29, 1.82) is 5.26 Å². The zero-order valence-corrected chi connectivity index (χ0v) is 22.7. The monoisotopic (exact) mass is 529 g/mol. The van der Waals surface area contributed by atoms with Crippen LogP contribution in [0.4, 0.5) is 0 Å². The highest BCUT2D eigenvalue weighted by Gasteiger charge is 2.61. The zero-order valence-electron chi connectivity index (χ0n) is 21.9. The molecule has 1 amide bonds. The lowest BCUT2D eigenvalue weighted by Crippen LogP contribution is -2.53. The van der Waals surface area contributed by atoms with Gasteiger partial charge in [-0.1, -0.05) is 12.1 Å². The summed E-state index contributed by atoms with van der Waals surface area (Å²) in [5.41, 5.74) is 3.72. The highest BCUT2D eigenvalue weighted by atomic mass is 32.2. The molecule has 10 nitrogen and oxygen atoms in total. The molecule has 200 valence electrons. The van der Waals surface area contributed by atoms with E-state index in [1.807, 2.05) is 19.2 Å². The van der Waals surface area contributed by atoms with Crippen molar-refractivity contribution in [2.45, 2.75) is 48.8 Å². The molecule has 1 aliphatic carbocycles. The van der Waals surface area contributed by atoms with Crippen LogP contribution in [-0.4, -0.2) is 79.0 Å². The Bertz CT molecular complexity index is 1290. The number of sulfone groups is 1. The lowest BCUT2D eigenvalue weighted by Gasteiger charge is -2.36. The smallest absolute Gasteiger partial charge is 0.272 e. The number of nitriles is 1. The Labute approximate surface area is 218 Å². The minimum Gasteiger partial charge on any atom is -0.383 e. The van der Waals surface area contributed by atoms with Crippen LogP contribution in [0.25, 0.3) is 0 Å². The number of hydrogen-bond acceptors (Lipinski definition) is 8. The van der Waals surface area contributed by atoms with Crippen LogP contribution in [0.5, 0.6) is 0 Å². The van der Waals surface area contributed by atoms with Crippen molar-refractivity contribution in [3.63, 3.8) is 0 Å². The van der Waals surface area contributed by atoms with Crippen molar-refractivity contribution in [1.82, 2.24) is 20.0 Å². The van der Waals surface area contributed by atoms with E-state index in [9.17, 15) is 13.2 Å². The first-order valence-electron chi connectivity index (χ1n) is 12.4. The highest BCUT2D eigenvalue weighted by molar-refractivity contribution is 7.94. The Morgan fingerprint density at radius 1 is 1.22 bits per heavy atom. The van der Waals surface area contributed by atoms with Crippen molar-refractivity contribution < 1.29 is 22.7 Å². The largest absolute Gasteiger partial charge is 0.383 e. The van der Waals surface area contributed by atoms with Gasteiger partial charge in [0.05, 0.1) is 35.3 Å². The number of nitrogens with one attached hydrogen (secondary N) is 1. The third-order valence-electron chi connectivity index (χ3n) is 7.52. The lowest BCUT2D eigenvalue weighted by atomic mass is 10.0. The van der Waals surface area contributed by atoms with Crippen LogP contribution in [0.1, 0.15) is 52.6 Å². The number of carbonyl (C=O) groups is 1. The second-order valence-electron chi connectivity index (χ2n) is 10.4. The van der Waals surface area contributed by atoms with E-state index in [0.717, 1.165) is 16.8 Å². The number of nitrogens with zero attached hydrogens (tertiary/aromatic N) is 4. The number of aryl methyl sites for hydroxylation is 1. The predicted molar refractivity (Wildman–Crippen MR) is 138 cm³/mol. The fraction of sp³-hybridized carbons (Fsp3) is 0.577. The summed E-state index contributed by atoms with van der Waals surface area (Å²) < 4.78 is 37.8. The van der Waals surface area contributed by atoms with E-state index in [-0.39, 0.29) is 19.1 Å². The fourth-order valence-corrected chi connectivity index (χ4v) is 7.88. The minimum atomic E-state index is -3.54. The van der Waals surface area contributed by atoms with Gasteiger partial charge in [-0.3, -0.25) is 14.4 Å². The number of rotatable bonds is 11. The van der Waals surface area contributed by atoms with Gasteiger partial charge in [0, 0.05) is 53.0 Å². The molecular formula is C26H35N5O5S. The molecule has 2 heterocycles. The Kier molecular flexibility index (Phi) is 7.76. The summed E-state index contributed by atoms with van der Waals surface area (Å²) in [6.45, 7) is 3.82. The minimum absolute atomic E-state index is 0.0811. The van der Waals surface area contributed by atoms with Gasteiger partial charge in [-0.25, -0.2) is 8.42 Å². The Hall–Kier alpha value is -2.78. The second-order valence-corrected chi connectivity index (χ2v) is 13.2. The van der Waals surface area contributed by atoms with Gasteiger partial charge in [-0.15, -0.1) is 0 Å². The van der Waals surface area contributed by atoms with Crippen molar-refractivity contribution in [3.8, 4) is 6.07 Å². The van der Waals surface area contributed by atoms with Gasteiger partial charge in [0.25, 0.3) is 5.91 Å². The molecule has 11 heteroatoms. The average Bonchev–Trinajstić information content (AvgIpc) is 3.60. The molecule has 0 saturated heterocycles. The summed E-state index contributed by atoms with van der Waals surface area (Å²) >= 11 is 0. The molecule has 1 fully saturated rings. The Morgan fingerprint density at radius 3 is 2.43 bits per heavy atom. The van der Waals surface area contributed by atoms with Crippen LogP contribution in [0, 0.1) is 11.3 Å². The van der Waals surface area contributed by atoms with E-state index in [2.05, 4.69) is 21.4 Å². The molecule has 0 unspecified atom stereocenters. The first-order valence-corrected chi connectivity index (χ1v) is 13.8. The lowest BCUT2D eigenvalue weighted by molar-refractivity contribution is 0.0944. The number of fused-ring (bicyclic) bond motifs is 1. The standard InChI is InChI=1S/C26H35N5O5S/c1-25(17-35-3,18-36-4)37(33,34)26(10-11-26)16-31-12-9-21-22(15-31)30(2)29-23(21)24(32)28-14-20-7-5-19(13-27)6-8-20/h5-8H,9-12,14-18H2,1-4H3,(H,28,32). The molecular weight excluding hydrogens is 494 g/mol. The van der Waals surface area contributed by atoms with Gasteiger partial charge in [-0.2, -0.15) is 10.4 Å². The number of ether oxygens (including phenoxy) is 2. The summed E-state index contributed by atoms with van der Waals surface area (Å²) in [5, 5.41) is 16.4. The molecule has 1 N–H and O–H groups in total. The van der Waals surface area contributed by atoms with Crippen LogP contribution in [0.3, 0.4) is 0 Å². The fourth-order valence-electron chi connectivity index (χ4n) is 5.29. The molecule has 37 heavy (non-hydrogen) atoms. The maximum atomic E-state index is 13.7. The van der Waals surface area contributed by atoms with Crippen LogP contribution in [0.2, 0.25) is 0 Å². The van der Waals surface area contributed by atoms with Crippen molar-refractivity contribution in [3.05, 3.63) is 52.3 Å². The van der Waals surface area contributed by atoms with E-state index in [1.54, 1.807) is 23.7 Å². The Morgan fingerprint density at radius 2 is 1.86 bits per heavy atom. The van der Waals surface area contributed by atoms with Crippen LogP contribution in [0.15, 0.2) is 24.3 Å². The predicted octanol–water partition coefficient (Wildman–Crippen LogP) is 1.58. The van der Waals surface area contributed by atoms with Gasteiger partial charge < -0.3 is 14.8 Å². The molecule has 1 saturated carbocycles. The summed E-state index contributed by atoms with van der Waals surface area (Å²) in [4.78, 5) is 15.1. The van der Waals surface area contributed by atoms with Gasteiger partial charge >= 0.3 is 0 Å². The molecule has 0 spiro atoms. The van der Waals surface area contributed by atoms with Gasteiger partial charge in [0.1, 0.15) is 4.75 Å². The molecule has 1 aromatic heterocycles. The van der Waals surface area contributed by atoms with E-state index in [1.165, 1.54) is 14.2 Å². The summed E-state index contributed by atoms with van der Waals surface area (Å²) in [6.07, 6.45) is 1.86.